The van der Waals surface area contributed by atoms with Gasteiger partial charge < -0.3 is 10.2 Å². The summed E-state index contributed by atoms with van der Waals surface area (Å²) in [6.07, 6.45) is 0.971. The van der Waals surface area contributed by atoms with Gasteiger partial charge in [0.05, 0.1) is 17.0 Å². The van der Waals surface area contributed by atoms with Crippen LogP contribution in [-0.2, 0) is 26.2 Å². The van der Waals surface area contributed by atoms with E-state index in [1.807, 2.05) is 0 Å². The molecule has 0 unspecified atom stereocenters. The summed E-state index contributed by atoms with van der Waals surface area (Å²) in [5.41, 5.74) is 0.723. The molecule has 2 aromatic carbocycles. The fourth-order valence-electron chi connectivity index (χ4n) is 3.08. The first-order valence-corrected chi connectivity index (χ1v) is 13.1. The van der Waals surface area contributed by atoms with E-state index in [4.69, 9.17) is 34.8 Å². The van der Waals surface area contributed by atoms with E-state index in [1.165, 1.54) is 23.1 Å². The van der Waals surface area contributed by atoms with Crippen molar-refractivity contribution in [3.05, 3.63) is 63.1 Å². The molecule has 33 heavy (non-hydrogen) atoms. The van der Waals surface area contributed by atoms with Crippen molar-refractivity contribution in [1.29, 1.82) is 0 Å². The summed E-state index contributed by atoms with van der Waals surface area (Å²) < 4.78 is 26.0. The average molecular weight is 535 g/mol. The van der Waals surface area contributed by atoms with Gasteiger partial charge in [0, 0.05) is 22.6 Å². The monoisotopic (exact) mass is 533 g/mol. The van der Waals surface area contributed by atoms with Gasteiger partial charge in [-0.05, 0) is 50.6 Å². The molecule has 0 aliphatic heterocycles. The number of carbonyl (C=O) groups excluding carboxylic acids is 2. The Hall–Kier alpha value is -2.00. The van der Waals surface area contributed by atoms with E-state index < -0.39 is 28.5 Å². The van der Waals surface area contributed by atoms with Gasteiger partial charge >= 0.3 is 0 Å². The highest BCUT2D eigenvalue weighted by Crippen LogP contribution is 2.30. The van der Waals surface area contributed by atoms with Crippen LogP contribution in [0.2, 0.25) is 15.1 Å². The van der Waals surface area contributed by atoms with Crippen LogP contribution in [0.5, 0.6) is 0 Å². The van der Waals surface area contributed by atoms with Crippen LogP contribution in [0.1, 0.15) is 26.3 Å². The van der Waals surface area contributed by atoms with Gasteiger partial charge in [-0.1, -0.05) is 53.0 Å². The number of amides is 2. The highest BCUT2D eigenvalue weighted by atomic mass is 35.5. The zero-order chi connectivity index (χ0) is 24.9. The summed E-state index contributed by atoms with van der Waals surface area (Å²) >= 11 is 18.4. The SMILES string of the molecule is CC(C)NC(=O)[C@@H](C)N(Cc1ccccc1Cl)C(=O)CN(c1ccc(Cl)cc1Cl)S(C)(=O)=O. The molecule has 0 saturated heterocycles. The van der Waals surface area contributed by atoms with Gasteiger partial charge in [-0.25, -0.2) is 8.42 Å². The van der Waals surface area contributed by atoms with Crippen LogP contribution in [0.15, 0.2) is 42.5 Å². The smallest absolute Gasteiger partial charge is 0.244 e. The molecule has 2 rings (SSSR count). The van der Waals surface area contributed by atoms with Crippen molar-refractivity contribution in [2.75, 3.05) is 17.1 Å². The fraction of sp³-hybridized carbons (Fsp3) is 0.364. The van der Waals surface area contributed by atoms with Crippen LogP contribution in [0.4, 0.5) is 5.69 Å². The molecular formula is C22H26Cl3N3O4S. The second kappa shape index (κ2) is 11.4. The van der Waals surface area contributed by atoms with Crippen molar-refractivity contribution >= 4 is 62.3 Å². The third-order valence-corrected chi connectivity index (χ3v) is 6.79. The predicted octanol–water partition coefficient (Wildman–Crippen LogP) is 4.35. The third kappa shape index (κ3) is 7.50. The molecule has 0 saturated carbocycles. The zero-order valence-corrected chi connectivity index (χ0v) is 21.8. The standard InChI is InChI=1S/C22H26Cl3N3O4S/c1-14(2)26-22(30)15(3)27(12-16-7-5-6-8-18(16)24)21(29)13-28(33(4,31)32)20-10-9-17(23)11-19(20)25/h5-11,14-15H,12-13H2,1-4H3,(H,26,30)/t15-/m1/s1. The Morgan fingerprint density at radius 2 is 1.64 bits per heavy atom. The van der Waals surface area contributed by atoms with Crippen LogP contribution < -0.4 is 9.62 Å². The zero-order valence-electron chi connectivity index (χ0n) is 18.7. The maximum atomic E-state index is 13.4. The Morgan fingerprint density at radius 1 is 1.00 bits per heavy atom. The number of hydrogen-bond donors (Lipinski definition) is 1. The van der Waals surface area contributed by atoms with Crippen molar-refractivity contribution in [2.24, 2.45) is 0 Å². The number of rotatable bonds is 9. The van der Waals surface area contributed by atoms with Gasteiger partial charge in [-0.2, -0.15) is 0 Å². The number of halogens is 3. The Kier molecular flexibility index (Phi) is 9.43. The number of nitrogens with zero attached hydrogens (tertiary/aromatic N) is 2. The number of nitrogens with one attached hydrogen (secondary N) is 1. The molecule has 0 spiro atoms. The van der Waals surface area contributed by atoms with Gasteiger partial charge in [-0.15, -0.1) is 0 Å². The molecule has 7 nitrogen and oxygen atoms in total. The van der Waals surface area contributed by atoms with Crippen molar-refractivity contribution < 1.29 is 18.0 Å². The van der Waals surface area contributed by atoms with Crippen LogP contribution in [0, 0.1) is 0 Å². The Labute approximate surface area is 209 Å². The molecule has 1 N–H and O–H groups in total. The Balaban J connectivity index is 2.44. The van der Waals surface area contributed by atoms with Gasteiger partial charge in [0.15, 0.2) is 0 Å². The summed E-state index contributed by atoms with van der Waals surface area (Å²) in [7, 11) is -3.90. The number of carbonyl (C=O) groups is 2. The summed E-state index contributed by atoms with van der Waals surface area (Å²) in [5, 5.41) is 3.59. The van der Waals surface area contributed by atoms with Crippen molar-refractivity contribution in [2.45, 2.75) is 39.4 Å². The lowest BCUT2D eigenvalue weighted by Gasteiger charge is -2.32. The Morgan fingerprint density at radius 3 is 2.18 bits per heavy atom. The first-order valence-electron chi connectivity index (χ1n) is 10.1. The highest BCUT2D eigenvalue weighted by Gasteiger charge is 2.31. The van der Waals surface area contributed by atoms with E-state index in [-0.39, 0.29) is 29.2 Å². The van der Waals surface area contributed by atoms with Crippen molar-refractivity contribution in [3.8, 4) is 0 Å². The van der Waals surface area contributed by atoms with Gasteiger partial charge in [0.2, 0.25) is 21.8 Å². The summed E-state index contributed by atoms with van der Waals surface area (Å²) in [5.74, 6) is -0.974. The van der Waals surface area contributed by atoms with Crippen molar-refractivity contribution in [1.82, 2.24) is 10.2 Å². The molecule has 11 heteroatoms. The summed E-state index contributed by atoms with van der Waals surface area (Å²) in [6, 6.07) is 10.2. The van der Waals surface area contributed by atoms with E-state index in [1.54, 1.807) is 45.0 Å². The minimum Gasteiger partial charge on any atom is -0.352 e. The second-order valence-electron chi connectivity index (χ2n) is 7.82. The van der Waals surface area contributed by atoms with E-state index in [9.17, 15) is 18.0 Å². The number of anilines is 1. The minimum absolute atomic E-state index is 0.0111. The number of benzene rings is 2. The fourth-order valence-corrected chi connectivity index (χ4v) is 4.69. The lowest BCUT2D eigenvalue weighted by Crippen LogP contribution is -2.52. The minimum atomic E-state index is -3.90. The molecule has 2 amide bonds. The molecule has 0 aliphatic rings. The van der Waals surface area contributed by atoms with Crippen LogP contribution in [0.25, 0.3) is 0 Å². The first-order chi connectivity index (χ1) is 15.3. The van der Waals surface area contributed by atoms with Gasteiger partial charge in [0.1, 0.15) is 12.6 Å². The lowest BCUT2D eigenvalue weighted by atomic mass is 10.1. The van der Waals surface area contributed by atoms with Crippen molar-refractivity contribution in [3.63, 3.8) is 0 Å². The normalized spacial score (nSPS) is 12.4. The molecule has 0 aromatic heterocycles. The molecule has 1 atom stereocenters. The second-order valence-corrected chi connectivity index (χ2v) is 11.0. The molecule has 2 aromatic rings. The van der Waals surface area contributed by atoms with E-state index in [2.05, 4.69) is 5.32 Å². The molecule has 180 valence electrons. The number of hydrogen-bond acceptors (Lipinski definition) is 4. The molecule has 0 radical (unpaired) electrons. The highest BCUT2D eigenvalue weighted by molar-refractivity contribution is 7.92. The first kappa shape index (κ1) is 27.2. The van der Waals surface area contributed by atoms with Crippen LogP contribution in [-0.4, -0.2) is 50.0 Å². The van der Waals surface area contributed by atoms with E-state index >= 15 is 0 Å². The maximum Gasteiger partial charge on any atom is 0.244 e. The van der Waals surface area contributed by atoms with Crippen LogP contribution in [0.3, 0.4) is 0 Å². The third-order valence-electron chi connectivity index (χ3n) is 4.75. The molecule has 0 aliphatic carbocycles. The largest absolute Gasteiger partial charge is 0.352 e. The predicted molar refractivity (Wildman–Crippen MR) is 133 cm³/mol. The quantitative estimate of drug-likeness (QED) is 0.518. The lowest BCUT2D eigenvalue weighted by molar-refractivity contribution is -0.139. The van der Waals surface area contributed by atoms with E-state index in [0.29, 0.717) is 15.6 Å². The topological polar surface area (TPSA) is 86.8 Å². The molecule has 0 bridgehead atoms. The molecular weight excluding hydrogens is 509 g/mol. The van der Waals surface area contributed by atoms with Gasteiger partial charge in [-0.3, -0.25) is 13.9 Å². The summed E-state index contributed by atoms with van der Waals surface area (Å²) in [4.78, 5) is 27.4. The van der Waals surface area contributed by atoms with Crippen LogP contribution >= 0.6 is 34.8 Å². The average Bonchev–Trinajstić information content (AvgIpc) is 2.70. The van der Waals surface area contributed by atoms with E-state index in [0.717, 1.165) is 10.6 Å². The molecule has 0 heterocycles. The Bertz CT molecular complexity index is 1130. The number of sulfonamides is 1. The maximum absolute atomic E-state index is 13.4. The van der Waals surface area contributed by atoms with Gasteiger partial charge in [0.25, 0.3) is 0 Å². The molecule has 0 fully saturated rings. The summed E-state index contributed by atoms with van der Waals surface area (Å²) in [6.45, 7) is 4.63.